The SMILES string of the molecule is CCc1ccc(C2CNCCN2C(=O)c2csc(Nc3ccccn3)n2)cc1.Cl.Cl. The summed E-state index contributed by atoms with van der Waals surface area (Å²) in [6.45, 7) is 4.35. The van der Waals surface area contributed by atoms with E-state index in [0.29, 0.717) is 23.2 Å². The molecule has 3 aromatic rings. The fourth-order valence-corrected chi connectivity index (χ4v) is 4.03. The second-order valence-electron chi connectivity index (χ2n) is 6.69. The number of hydrogen-bond donors (Lipinski definition) is 2. The van der Waals surface area contributed by atoms with Crippen LogP contribution in [-0.4, -0.2) is 40.4 Å². The highest BCUT2D eigenvalue weighted by molar-refractivity contribution is 7.14. The number of amides is 1. The number of aromatic nitrogens is 2. The number of carbonyl (C=O) groups is 1. The molecule has 0 saturated carbocycles. The monoisotopic (exact) mass is 465 g/mol. The molecule has 30 heavy (non-hydrogen) atoms. The third kappa shape index (κ3) is 5.49. The van der Waals surface area contributed by atoms with E-state index < -0.39 is 0 Å². The zero-order valence-electron chi connectivity index (χ0n) is 16.6. The van der Waals surface area contributed by atoms with Crippen molar-refractivity contribution in [3.8, 4) is 0 Å². The summed E-state index contributed by atoms with van der Waals surface area (Å²) in [5.74, 6) is 0.684. The van der Waals surface area contributed by atoms with Gasteiger partial charge in [0.2, 0.25) is 0 Å². The molecule has 4 rings (SSSR count). The molecule has 0 radical (unpaired) electrons. The second-order valence-corrected chi connectivity index (χ2v) is 7.55. The highest BCUT2D eigenvalue weighted by atomic mass is 35.5. The standard InChI is InChI=1S/C21H23N5OS.2ClH/c1-2-15-6-8-16(9-7-15)18-13-22-11-12-26(18)20(27)17-14-28-21(24-17)25-19-5-3-4-10-23-19;;/h3-10,14,18,22H,2,11-13H2,1H3,(H,23,24,25);2*1H. The maximum absolute atomic E-state index is 13.2. The number of halogens is 2. The van der Waals surface area contributed by atoms with Gasteiger partial charge in [0.1, 0.15) is 11.5 Å². The largest absolute Gasteiger partial charge is 0.328 e. The average molecular weight is 466 g/mol. The molecule has 1 aliphatic rings. The molecule has 2 N–H and O–H groups in total. The van der Waals surface area contributed by atoms with Crippen LogP contribution in [0.2, 0.25) is 0 Å². The lowest BCUT2D eigenvalue weighted by Crippen LogP contribution is -2.48. The van der Waals surface area contributed by atoms with Crippen LogP contribution >= 0.6 is 36.2 Å². The molecule has 1 fully saturated rings. The molecule has 1 aliphatic heterocycles. The molecule has 3 heterocycles. The quantitative estimate of drug-likeness (QED) is 0.581. The summed E-state index contributed by atoms with van der Waals surface area (Å²) in [5.41, 5.74) is 2.93. The smallest absolute Gasteiger partial charge is 0.274 e. The Morgan fingerprint density at radius 2 is 2.03 bits per heavy atom. The topological polar surface area (TPSA) is 70.2 Å². The molecule has 9 heteroatoms. The van der Waals surface area contributed by atoms with E-state index in [4.69, 9.17) is 0 Å². The summed E-state index contributed by atoms with van der Waals surface area (Å²) in [6, 6.07) is 14.2. The minimum absolute atomic E-state index is 0. The Morgan fingerprint density at radius 1 is 1.23 bits per heavy atom. The van der Waals surface area contributed by atoms with Crippen molar-refractivity contribution in [1.82, 2.24) is 20.2 Å². The molecule has 1 amide bonds. The van der Waals surface area contributed by atoms with Crippen molar-refractivity contribution in [2.45, 2.75) is 19.4 Å². The molecule has 6 nitrogen and oxygen atoms in total. The van der Waals surface area contributed by atoms with Crippen LogP contribution in [0.15, 0.2) is 54.0 Å². The Hall–Kier alpha value is -2.19. The lowest BCUT2D eigenvalue weighted by atomic mass is 10.0. The molecule has 1 saturated heterocycles. The number of rotatable bonds is 5. The summed E-state index contributed by atoms with van der Waals surface area (Å²) < 4.78 is 0. The number of anilines is 2. The first-order valence-electron chi connectivity index (χ1n) is 9.48. The highest BCUT2D eigenvalue weighted by Gasteiger charge is 2.29. The number of benzene rings is 1. The van der Waals surface area contributed by atoms with Crippen LogP contribution < -0.4 is 10.6 Å². The maximum Gasteiger partial charge on any atom is 0.274 e. The van der Waals surface area contributed by atoms with Gasteiger partial charge in [0.25, 0.3) is 5.91 Å². The number of nitrogens with zero attached hydrogens (tertiary/aromatic N) is 3. The number of pyridine rings is 1. The van der Waals surface area contributed by atoms with Gasteiger partial charge < -0.3 is 15.5 Å². The van der Waals surface area contributed by atoms with Gasteiger partial charge in [-0.05, 0) is 29.7 Å². The third-order valence-corrected chi connectivity index (χ3v) is 5.66. The molecule has 1 unspecified atom stereocenters. The van der Waals surface area contributed by atoms with Crippen LogP contribution in [0, 0.1) is 0 Å². The number of piperazine rings is 1. The van der Waals surface area contributed by atoms with E-state index in [0.717, 1.165) is 25.1 Å². The van der Waals surface area contributed by atoms with Crippen molar-refractivity contribution >= 4 is 53.0 Å². The summed E-state index contributed by atoms with van der Waals surface area (Å²) in [6.07, 6.45) is 2.73. The zero-order valence-corrected chi connectivity index (χ0v) is 19.0. The molecular formula is C21H25Cl2N5OS. The molecular weight excluding hydrogens is 441 g/mol. The van der Waals surface area contributed by atoms with Gasteiger partial charge in [-0.3, -0.25) is 4.79 Å². The van der Waals surface area contributed by atoms with Crippen LogP contribution in [0.3, 0.4) is 0 Å². The molecule has 1 aromatic carbocycles. The van der Waals surface area contributed by atoms with Crippen LogP contribution in [0.25, 0.3) is 0 Å². The van der Waals surface area contributed by atoms with Crippen molar-refractivity contribution in [2.75, 3.05) is 25.0 Å². The fourth-order valence-electron chi connectivity index (χ4n) is 3.34. The van der Waals surface area contributed by atoms with Crippen LogP contribution in [0.4, 0.5) is 10.9 Å². The summed E-state index contributed by atoms with van der Waals surface area (Å²) >= 11 is 1.41. The average Bonchev–Trinajstić information content (AvgIpc) is 3.22. The minimum Gasteiger partial charge on any atom is -0.328 e. The van der Waals surface area contributed by atoms with Gasteiger partial charge in [0.15, 0.2) is 5.13 Å². The van der Waals surface area contributed by atoms with Gasteiger partial charge >= 0.3 is 0 Å². The first-order chi connectivity index (χ1) is 13.7. The van der Waals surface area contributed by atoms with E-state index in [9.17, 15) is 4.79 Å². The van der Waals surface area contributed by atoms with Gasteiger partial charge in [0, 0.05) is 31.2 Å². The van der Waals surface area contributed by atoms with E-state index in [1.165, 1.54) is 16.9 Å². The van der Waals surface area contributed by atoms with Crippen LogP contribution in [-0.2, 0) is 6.42 Å². The second kappa shape index (κ2) is 11.3. The van der Waals surface area contributed by atoms with Gasteiger partial charge in [-0.1, -0.05) is 37.3 Å². The van der Waals surface area contributed by atoms with Crippen molar-refractivity contribution in [3.63, 3.8) is 0 Å². The molecule has 1 atom stereocenters. The first kappa shape index (κ1) is 24.1. The van der Waals surface area contributed by atoms with Crippen molar-refractivity contribution in [1.29, 1.82) is 0 Å². The maximum atomic E-state index is 13.2. The Labute approximate surface area is 193 Å². The molecule has 0 bridgehead atoms. The Bertz CT molecular complexity index is 936. The number of nitrogens with one attached hydrogen (secondary N) is 2. The number of carbonyl (C=O) groups excluding carboxylic acids is 1. The molecule has 0 spiro atoms. The highest BCUT2D eigenvalue weighted by Crippen LogP contribution is 2.26. The molecule has 160 valence electrons. The number of hydrogen-bond acceptors (Lipinski definition) is 6. The Kier molecular flexibility index (Phi) is 9.05. The van der Waals surface area contributed by atoms with Crippen molar-refractivity contribution < 1.29 is 4.79 Å². The molecule has 0 aliphatic carbocycles. The van der Waals surface area contributed by atoms with Crippen LogP contribution in [0.1, 0.15) is 34.6 Å². The fraction of sp³-hybridized carbons (Fsp3) is 0.286. The van der Waals surface area contributed by atoms with Gasteiger partial charge in [-0.25, -0.2) is 9.97 Å². The van der Waals surface area contributed by atoms with Gasteiger partial charge in [-0.2, -0.15) is 0 Å². The van der Waals surface area contributed by atoms with Crippen LogP contribution in [0.5, 0.6) is 0 Å². The van der Waals surface area contributed by atoms with E-state index in [1.54, 1.807) is 6.20 Å². The first-order valence-corrected chi connectivity index (χ1v) is 10.4. The van der Waals surface area contributed by atoms with E-state index in [-0.39, 0.29) is 36.8 Å². The Balaban J connectivity index is 0.00000160. The molecule has 2 aromatic heterocycles. The predicted octanol–water partition coefficient (Wildman–Crippen LogP) is 4.47. The lowest BCUT2D eigenvalue weighted by Gasteiger charge is -2.36. The van der Waals surface area contributed by atoms with E-state index >= 15 is 0 Å². The van der Waals surface area contributed by atoms with Gasteiger partial charge in [-0.15, -0.1) is 36.2 Å². The third-order valence-electron chi connectivity index (χ3n) is 4.90. The van der Waals surface area contributed by atoms with Crippen molar-refractivity contribution in [2.24, 2.45) is 0 Å². The normalized spacial score (nSPS) is 15.6. The lowest BCUT2D eigenvalue weighted by molar-refractivity contribution is 0.0629. The zero-order chi connectivity index (χ0) is 19.3. The number of aryl methyl sites for hydroxylation is 1. The summed E-state index contributed by atoms with van der Waals surface area (Å²) in [5, 5.41) is 9.03. The minimum atomic E-state index is -0.0311. The Morgan fingerprint density at radius 3 is 2.73 bits per heavy atom. The van der Waals surface area contributed by atoms with Gasteiger partial charge in [0.05, 0.1) is 6.04 Å². The van der Waals surface area contributed by atoms with E-state index in [1.807, 2.05) is 28.5 Å². The predicted molar refractivity (Wildman–Crippen MR) is 127 cm³/mol. The van der Waals surface area contributed by atoms with E-state index in [2.05, 4.69) is 51.8 Å². The van der Waals surface area contributed by atoms with Crippen molar-refractivity contribution in [3.05, 3.63) is 70.9 Å². The summed E-state index contributed by atoms with van der Waals surface area (Å²) in [7, 11) is 0. The number of thiazole rings is 1. The summed E-state index contributed by atoms with van der Waals surface area (Å²) in [4.78, 5) is 23.8.